The molecule has 2 aromatic rings. The predicted molar refractivity (Wildman–Crippen MR) is 96.5 cm³/mol. The molecule has 0 unspecified atom stereocenters. The van der Waals surface area contributed by atoms with Crippen LogP contribution in [0.25, 0.3) is 0 Å². The second-order valence-corrected chi connectivity index (χ2v) is 7.32. The van der Waals surface area contributed by atoms with Crippen LogP contribution in [0.3, 0.4) is 0 Å². The molecular formula is C15H23N7OS. The summed E-state index contributed by atoms with van der Waals surface area (Å²) in [5.74, 6) is 0.584. The highest BCUT2D eigenvalue weighted by Gasteiger charge is 2.23. The number of anilines is 3. The van der Waals surface area contributed by atoms with Gasteiger partial charge >= 0.3 is 0 Å². The van der Waals surface area contributed by atoms with Crippen molar-refractivity contribution in [2.45, 2.75) is 32.2 Å². The third kappa shape index (κ3) is 3.36. The van der Waals surface area contributed by atoms with Crippen molar-refractivity contribution in [2.75, 3.05) is 29.0 Å². The van der Waals surface area contributed by atoms with E-state index in [0.717, 1.165) is 43.2 Å². The van der Waals surface area contributed by atoms with Gasteiger partial charge in [-0.15, -0.1) is 11.3 Å². The van der Waals surface area contributed by atoms with Gasteiger partial charge in [0.1, 0.15) is 10.7 Å². The molecule has 1 atom stereocenters. The fourth-order valence-corrected chi connectivity index (χ4v) is 3.71. The van der Waals surface area contributed by atoms with Gasteiger partial charge < -0.3 is 21.7 Å². The summed E-state index contributed by atoms with van der Waals surface area (Å²) in [7, 11) is 1.87. The van der Waals surface area contributed by atoms with Crippen LogP contribution in [0, 0.1) is 6.92 Å². The maximum absolute atomic E-state index is 12.5. The lowest BCUT2D eigenvalue weighted by Gasteiger charge is -2.24. The van der Waals surface area contributed by atoms with Gasteiger partial charge in [-0.2, -0.15) is 5.10 Å². The average molecular weight is 349 g/mol. The number of aromatic nitrogens is 3. The third-order valence-corrected chi connectivity index (χ3v) is 5.00. The summed E-state index contributed by atoms with van der Waals surface area (Å²) in [6.45, 7) is 3.57. The molecule has 0 radical (unpaired) electrons. The van der Waals surface area contributed by atoms with E-state index in [2.05, 4.69) is 20.3 Å². The third-order valence-electron chi connectivity index (χ3n) is 4.20. The monoisotopic (exact) mass is 349 g/mol. The molecule has 1 amide bonds. The zero-order valence-corrected chi connectivity index (χ0v) is 14.8. The summed E-state index contributed by atoms with van der Waals surface area (Å²) < 4.78 is 1.78. The van der Waals surface area contributed by atoms with E-state index in [9.17, 15) is 4.79 Å². The number of thiazole rings is 1. The quantitative estimate of drug-likeness (QED) is 0.770. The maximum atomic E-state index is 12.5. The number of hydrogen-bond acceptors (Lipinski definition) is 7. The lowest BCUT2D eigenvalue weighted by Crippen LogP contribution is -2.29. The Morgan fingerprint density at radius 2 is 2.21 bits per heavy atom. The van der Waals surface area contributed by atoms with Gasteiger partial charge in [-0.25, -0.2) is 4.98 Å². The number of carbonyl (C=O) groups excluding carboxylic acids is 1. The van der Waals surface area contributed by atoms with Gasteiger partial charge in [0.25, 0.3) is 5.91 Å². The Bertz CT molecular complexity index is 738. The zero-order chi connectivity index (χ0) is 17.3. The molecule has 0 spiro atoms. The number of nitrogens with one attached hydrogen (secondary N) is 1. The van der Waals surface area contributed by atoms with Crippen LogP contribution in [0.2, 0.25) is 0 Å². The van der Waals surface area contributed by atoms with Crippen molar-refractivity contribution in [3.63, 3.8) is 0 Å². The Hall–Kier alpha value is -2.13. The van der Waals surface area contributed by atoms with E-state index in [4.69, 9.17) is 11.5 Å². The highest BCUT2D eigenvalue weighted by atomic mass is 32.1. The van der Waals surface area contributed by atoms with Gasteiger partial charge in [0.05, 0.1) is 11.2 Å². The normalized spacial score (nSPS) is 18.5. The molecule has 0 bridgehead atoms. The SMILES string of the molecule is Cc1nc(C(=O)Nc2cnn(C)c2N2CCC[C@@H](N)CC2)c(N)s1. The van der Waals surface area contributed by atoms with Crippen LogP contribution in [-0.4, -0.2) is 39.8 Å². The Morgan fingerprint density at radius 3 is 2.92 bits per heavy atom. The fourth-order valence-electron chi connectivity index (χ4n) is 3.02. The van der Waals surface area contributed by atoms with Crippen LogP contribution in [-0.2, 0) is 7.05 Å². The largest absolute Gasteiger partial charge is 0.389 e. The van der Waals surface area contributed by atoms with Gasteiger partial charge in [0.2, 0.25) is 0 Å². The van der Waals surface area contributed by atoms with Crippen molar-refractivity contribution >= 4 is 33.8 Å². The second kappa shape index (κ2) is 6.78. The van der Waals surface area contributed by atoms with Crippen LogP contribution < -0.4 is 21.7 Å². The first-order valence-electron chi connectivity index (χ1n) is 8.02. The van der Waals surface area contributed by atoms with Crippen molar-refractivity contribution in [1.82, 2.24) is 14.8 Å². The Kier molecular flexibility index (Phi) is 4.72. The number of aryl methyl sites for hydroxylation is 2. The first kappa shape index (κ1) is 16.7. The standard InChI is InChI=1S/C15H23N7OS/c1-9-19-12(13(17)24-9)14(23)20-11-8-18-21(2)15(11)22-6-3-4-10(16)5-7-22/h8,10H,3-7,16-17H2,1-2H3,(H,20,23)/t10-/m1/s1. The molecule has 1 fully saturated rings. The number of nitrogens with zero attached hydrogens (tertiary/aromatic N) is 4. The molecule has 1 aliphatic rings. The molecule has 8 nitrogen and oxygen atoms in total. The van der Waals surface area contributed by atoms with Gasteiger partial charge in [-0.1, -0.05) is 0 Å². The molecular weight excluding hydrogens is 326 g/mol. The van der Waals surface area contributed by atoms with Crippen molar-refractivity contribution in [2.24, 2.45) is 12.8 Å². The molecule has 0 aromatic carbocycles. The second-order valence-electron chi connectivity index (χ2n) is 6.08. The number of nitrogens with two attached hydrogens (primary N) is 2. The van der Waals surface area contributed by atoms with Crippen molar-refractivity contribution in [1.29, 1.82) is 0 Å². The maximum Gasteiger partial charge on any atom is 0.277 e. The van der Waals surface area contributed by atoms with E-state index in [1.807, 2.05) is 14.0 Å². The number of rotatable bonds is 3. The molecule has 0 aliphatic carbocycles. The Morgan fingerprint density at radius 1 is 1.42 bits per heavy atom. The highest BCUT2D eigenvalue weighted by molar-refractivity contribution is 7.15. The molecule has 24 heavy (non-hydrogen) atoms. The minimum absolute atomic E-state index is 0.235. The molecule has 1 saturated heterocycles. The molecule has 5 N–H and O–H groups in total. The molecule has 0 saturated carbocycles. The molecule has 1 aliphatic heterocycles. The molecule has 9 heteroatoms. The van der Waals surface area contributed by atoms with Crippen molar-refractivity contribution in [3.8, 4) is 0 Å². The van der Waals surface area contributed by atoms with Gasteiger partial charge in [-0.3, -0.25) is 9.48 Å². The first-order chi connectivity index (χ1) is 11.5. The summed E-state index contributed by atoms with van der Waals surface area (Å²) in [6, 6.07) is 0.235. The van der Waals surface area contributed by atoms with Gasteiger partial charge in [0, 0.05) is 26.2 Å². The molecule has 3 heterocycles. The smallest absolute Gasteiger partial charge is 0.277 e. The lowest BCUT2D eigenvalue weighted by atomic mass is 10.1. The summed E-state index contributed by atoms with van der Waals surface area (Å²) in [6.07, 6.45) is 4.63. The van der Waals surface area contributed by atoms with Crippen LogP contribution in [0.1, 0.15) is 34.8 Å². The number of hydrogen-bond donors (Lipinski definition) is 3. The number of nitrogen functional groups attached to an aromatic ring is 1. The molecule has 130 valence electrons. The average Bonchev–Trinajstić information content (AvgIpc) is 2.96. The van der Waals surface area contributed by atoms with Crippen molar-refractivity contribution < 1.29 is 4.79 Å². The minimum atomic E-state index is -0.308. The summed E-state index contributed by atoms with van der Waals surface area (Å²) in [5.41, 5.74) is 12.9. The minimum Gasteiger partial charge on any atom is -0.389 e. The Balaban J connectivity index is 1.82. The van der Waals surface area contributed by atoms with E-state index in [-0.39, 0.29) is 17.6 Å². The molecule has 3 rings (SSSR count). The van der Waals surface area contributed by atoms with E-state index in [1.54, 1.807) is 10.9 Å². The predicted octanol–water partition coefficient (Wildman–Crippen LogP) is 1.34. The van der Waals surface area contributed by atoms with E-state index in [0.29, 0.717) is 10.7 Å². The Labute approximate surface area is 144 Å². The topological polar surface area (TPSA) is 115 Å². The summed E-state index contributed by atoms with van der Waals surface area (Å²) >= 11 is 1.31. The summed E-state index contributed by atoms with van der Waals surface area (Å²) in [5, 5.41) is 8.39. The zero-order valence-electron chi connectivity index (χ0n) is 14.0. The lowest BCUT2D eigenvalue weighted by molar-refractivity contribution is 0.102. The van der Waals surface area contributed by atoms with Crippen LogP contribution >= 0.6 is 11.3 Å². The highest BCUT2D eigenvalue weighted by Crippen LogP contribution is 2.29. The van der Waals surface area contributed by atoms with E-state index in [1.165, 1.54) is 11.3 Å². The molecule has 2 aromatic heterocycles. The fraction of sp³-hybridized carbons (Fsp3) is 0.533. The van der Waals surface area contributed by atoms with Gasteiger partial charge in [-0.05, 0) is 26.2 Å². The van der Waals surface area contributed by atoms with Gasteiger partial charge in [0.15, 0.2) is 11.5 Å². The van der Waals surface area contributed by atoms with Crippen molar-refractivity contribution in [3.05, 3.63) is 16.9 Å². The van der Waals surface area contributed by atoms with Crippen LogP contribution in [0.5, 0.6) is 0 Å². The van der Waals surface area contributed by atoms with Crippen LogP contribution in [0.15, 0.2) is 6.20 Å². The van der Waals surface area contributed by atoms with Crippen LogP contribution in [0.4, 0.5) is 16.5 Å². The summed E-state index contributed by atoms with van der Waals surface area (Å²) in [4.78, 5) is 18.9. The first-order valence-corrected chi connectivity index (χ1v) is 8.84. The number of amides is 1. The van der Waals surface area contributed by atoms with E-state index >= 15 is 0 Å². The van der Waals surface area contributed by atoms with E-state index < -0.39 is 0 Å². The number of carbonyl (C=O) groups is 1.